The summed E-state index contributed by atoms with van der Waals surface area (Å²) in [5, 5.41) is 2.77. The summed E-state index contributed by atoms with van der Waals surface area (Å²) >= 11 is 0. The fraction of sp³-hybridized carbons (Fsp3) is 0.294. The molecule has 1 N–H and O–H groups in total. The SMILES string of the molecule is COc1ccc(OCCCC(=O)Nc2cc(C)ccn2)cc1. The highest BCUT2D eigenvalue weighted by atomic mass is 16.5. The molecule has 5 nitrogen and oxygen atoms in total. The second-order valence-corrected chi connectivity index (χ2v) is 4.89. The minimum absolute atomic E-state index is 0.0589. The molecule has 0 radical (unpaired) electrons. The molecule has 0 aliphatic carbocycles. The first-order valence-electron chi connectivity index (χ1n) is 7.17. The van der Waals surface area contributed by atoms with E-state index in [4.69, 9.17) is 9.47 Å². The Morgan fingerprint density at radius 3 is 2.59 bits per heavy atom. The van der Waals surface area contributed by atoms with Crippen LogP contribution in [0.4, 0.5) is 5.82 Å². The zero-order valence-electron chi connectivity index (χ0n) is 12.8. The number of nitrogens with one attached hydrogen (secondary N) is 1. The van der Waals surface area contributed by atoms with E-state index in [-0.39, 0.29) is 5.91 Å². The second-order valence-electron chi connectivity index (χ2n) is 4.89. The number of nitrogens with zero attached hydrogens (tertiary/aromatic N) is 1. The van der Waals surface area contributed by atoms with Crippen molar-refractivity contribution < 1.29 is 14.3 Å². The Balaban J connectivity index is 1.68. The lowest BCUT2D eigenvalue weighted by Crippen LogP contribution is -2.13. The summed E-state index contributed by atoms with van der Waals surface area (Å²) in [5.74, 6) is 2.08. The van der Waals surface area contributed by atoms with Crippen molar-refractivity contribution in [3.8, 4) is 11.5 Å². The van der Waals surface area contributed by atoms with E-state index in [0.717, 1.165) is 17.1 Å². The largest absolute Gasteiger partial charge is 0.497 e. The molecule has 0 bridgehead atoms. The highest BCUT2D eigenvalue weighted by Gasteiger charge is 2.04. The van der Waals surface area contributed by atoms with Crippen LogP contribution >= 0.6 is 0 Å². The van der Waals surface area contributed by atoms with E-state index < -0.39 is 0 Å². The van der Waals surface area contributed by atoms with Crippen molar-refractivity contribution in [1.82, 2.24) is 4.98 Å². The molecule has 2 aromatic rings. The lowest BCUT2D eigenvalue weighted by molar-refractivity contribution is -0.116. The van der Waals surface area contributed by atoms with Crippen molar-refractivity contribution in [2.75, 3.05) is 19.0 Å². The van der Waals surface area contributed by atoms with Gasteiger partial charge in [0.15, 0.2) is 0 Å². The van der Waals surface area contributed by atoms with Gasteiger partial charge in [-0.25, -0.2) is 4.98 Å². The number of aryl methyl sites for hydroxylation is 1. The predicted molar refractivity (Wildman–Crippen MR) is 85.3 cm³/mol. The van der Waals surface area contributed by atoms with Crippen LogP contribution in [0.15, 0.2) is 42.6 Å². The van der Waals surface area contributed by atoms with Gasteiger partial charge in [0.05, 0.1) is 13.7 Å². The van der Waals surface area contributed by atoms with Gasteiger partial charge in [0.1, 0.15) is 17.3 Å². The lowest BCUT2D eigenvalue weighted by atomic mass is 10.3. The van der Waals surface area contributed by atoms with E-state index in [1.807, 2.05) is 43.3 Å². The topological polar surface area (TPSA) is 60.5 Å². The smallest absolute Gasteiger partial charge is 0.225 e. The molecule has 0 unspecified atom stereocenters. The Hall–Kier alpha value is -2.56. The van der Waals surface area contributed by atoms with E-state index in [1.54, 1.807) is 13.3 Å². The third kappa shape index (κ3) is 5.09. The Bertz CT molecular complexity index is 612. The average molecular weight is 300 g/mol. The van der Waals surface area contributed by atoms with Crippen LogP contribution in [0.1, 0.15) is 18.4 Å². The summed E-state index contributed by atoms with van der Waals surface area (Å²) in [6.07, 6.45) is 2.72. The van der Waals surface area contributed by atoms with E-state index >= 15 is 0 Å². The molecule has 116 valence electrons. The van der Waals surface area contributed by atoms with Gasteiger partial charge in [-0.2, -0.15) is 0 Å². The molecule has 0 aliphatic heterocycles. The Morgan fingerprint density at radius 2 is 1.91 bits per heavy atom. The monoisotopic (exact) mass is 300 g/mol. The number of amides is 1. The van der Waals surface area contributed by atoms with Crippen LogP contribution in [0.3, 0.4) is 0 Å². The quantitative estimate of drug-likeness (QED) is 0.798. The van der Waals surface area contributed by atoms with Gasteiger partial charge < -0.3 is 14.8 Å². The molecule has 0 aliphatic rings. The fourth-order valence-electron chi connectivity index (χ4n) is 1.90. The molecular formula is C17H20N2O3. The standard InChI is InChI=1S/C17H20N2O3/c1-13-9-10-18-16(12-13)19-17(20)4-3-11-22-15-7-5-14(21-2)6-8-15/h5-10,12H,3-4,11H2,1-2H3,(H,18,19,20). The molecule has 0 fully saturated rings. The summed E-state index contributed by atoms with van der Waals surface area (Å²) in [7, 11) is 1.62. The van der Waals surface area contributed by atoms with E-state index in [9.17, 15) is 4.79 Å². The number of carbonyl (C=O) groups is 1. The van der Waals surface area contributed by atoms with E-state index in [1.165, 1.54) is 0 Å². The molecule has 1 heterocycles. The van der Waals surface area contributed by atoms with E-state index in [2.05, 4.69) is 10.3 Å². The first kappa shape index (κ1) is 15.8. The highest BCUT2D eigenvalue weighted by molar-refractivity contribution is 5.89. The Labute approximate surface area is 130 Å². The maximum Gasteiger partial charge on any atom is 0.225 e. The van der Waals surface area contributed by atoms with Crippen LogP contribution in [0, 0.1) is 6.92 Å². The number of hydrogen-bond donors (Lipinski definition) is 1. The van der Waals surface area contributed by atoms with Crippen molar-refractivity contribution in [2.24, 2.45) is 0 Å². The summed E-state index contributed by atoms with van der Waals surface area (Å²) in [4.78, 5) is 15.9. The van der Waals surface area contributed by atoms with Crippen molar-refractivity contribution >= 4 is 11.7 Å². The first-order chi connectivity index (χ1) is 10.7. The molecule has 1 aromatic heterocycles. The zero-order chi connectivity index (χ0) is 15.8. The molecule has 0 saturated carbocycles. The number of anilines is 1. The average Bonchev–Trinajstić information content (AvgIpc) is 2.52. The molecule has 0 saturated heterocycles. The summed E-state index contributed by atoms with van der Waals surface area (Å²) < 4.78 is 10.7. The third-order valence-electron chi connectivity index (χ3n) is 3.06. The van der Waals surface area contributed by atoms with Gasteiger partial charge >= 0.3 is 0 Å². The Kier molecular flexibility index (Phi) is 5.77. The number of rotatable bonds is 7. The normalized spacial score (nSPS) is 10.1. The zero-order valence-corrected chi connectivity index (χ0v) is 12.8. The fourth-order valence-corrected chi connectivity index (χ4v) is 1.90. The van der Waals surface area contributed by atoms with Crippen LogP contribution in [0.2, 0.25) is 0 Å². The van der Waals surface area contributed by atoms with Crippen LogP contribution in [0.5, 0.6) is 11.5 Å². The number of methoxy groups -OCH3 is 1. The predicted octanol–water partition coefficient (Wildman–Crippen LogP) is 3.20. The van der Waals surface area contributed by atoms with Crippen LogP contribution < -0.4 is 14.8 Å². The maximum atomic E-state index is 11.8. The van der Waals surface area contributed by atoms with Gasteiger partial charge in [-0.3, -0.25) is 4.79 Å². The minimum atomic E-state index is -0.0589. The number of carbonyl (C=O) groups excluding carboxylic acids is 1. The minimum Gasteiger partial charge on any atom is -0.497 e. The van der Waals surface area contributed by atoms with Crippen molar-refractivity contribution in [3.05, 3.63) is 48.2 Å². The molecule has 0 spiro atoms. The van der Waals surface area contributed by atoms with Gasteiger partial charge in [0, 0.05) is 12.6 Å². The molecule has 1 aromatic carbocycles. The van der Waals surface area contributed by atoms with Gasteiger partial charge in [-0.05, 0) is 55.3 Å². The maximum absolute atomic E-state index is 11.8. The number of aromatic nitrogens is 1. The third-order valence-corrected chi connectivity index (χ3v) is 3.06. The lowest BCUT2D eigenvalue weighted by Gasteiger charge is -2.07. The number of benzene rings is 1. The number of ether oxygens (including phenoxy) is 2. The van der Waals surface area contributed by atoms with Crippen LogP contribution in [0.25, 0.3) is 0 Å². The van der Waals surface area contributed by atoms with Crippen LogP contribution in [-0.4, -0.2) is 24.6 Å². The summed E-state index contributed by atoms with van der Waals surface area (Å²) in [6, 6.07) is 11.1. The molecule has 2 rings (SSSR count). The highest BCUT2D eigenvalue weighted by Crippen LogP contribution is 2.17. The van der Waals surface area contributed by atoms with Gasteiger partial charge in [0.2, 0.25) is 5.91 Å². The first-order valence-corrected chi connectivity index (χ1v) is 7.17. The second kappa shape index (κ2) is 8.02. The number of pyridine rings is 1. The van der Waals surface area contributed by atoms with Crippen molar-refractivity contribution in [1.29, 1.82) is 0 Å². The van der Waals surface area contributed by atoms with Gasteiger partial charge in [-0.15, -0.1) is 0 Å². The van der Waals surface area contributed by atoms with Crippen LogP contribution in [-0.2, 0) is 4.79 Å². The molecule has 0 atom stereocenters. The summed E-state index contributed by atoms with van der Waals surface area (Å²) in [5.41, 5.74) is 1.06. The molecule has 1 amide bonds. The van der Waals surface area contributed by atoms with Crippen molar-refractivity contribution in [2.45, 2.75) is 19.8 Å². The van der Waals surface area contributed by atoms with Crippen molar-refractivity contribution in [3.63, 3.8) is 0 Å². The number of hydrogen-bond acceptors (Lipinski definition) is 4. The molecule has 5 heteroatoms. The van der Waals surface area contributed by atoms with E-state index in [0.29, 0.717) is 25.3 Å². The molecular weight excluding hydrogens is 280 g/mol. The Morgan fingerprint density at radius 1 is 1.18 bits per heavy atom. The molecule has 22 heavy (non-hydrogen) atoms. The van der Waals surface area contributed by atoms with Gasteiger partial charge in [0.25, 0.3) is 0 Å². The van der Waals surface area contributed by atoms with Gasteiger partial charge in [-0.1, -0.05) is 0 Å². The summed E-state index contributed by atoms with van der Waals surface area (Å²) in [6.45, 7) is 2.45.